The van der Waals surface area contributed by atoms with E-state index in [0.29, 0.717) is 6.54 Å². The Morgan fingerprint density at radius 2 is 2.33 bits per heavy atom. The fourth-order valence-corrected chi connectivity index (χ4v) is 3.80. The molecule has 2 aromatic rings. The minimum Gasteiger partial charge on any atom is -0.326 e. The largest absolute Gasteiger partial charge is 0.326 e. The fraction of sp³-hybridized carbons (Fsp3) is 0.375. The Hall–Kier alpha value is -1.36. The van der Waals surface area contributed by atoms with Gasteiger partial charge in [0.25, 0.3) is 0 Å². The lowest BCUT2D eigenvalue weighted by atomic mass is 10.3. The predicted octanol–water partition coefficient (Wildman–Crippen LogP) is -0.493. The smallest absolute Gasteiger partial charge is 0.250 e. The van der Waals surface area contributed by atoms with E-state index in [1.807, 2.05) is 6.92 Å². The maximum atomic E-state index is 12.0. The molecule has 0 saturated carbocycles. The van der Waals surface area contributed by atoms with E-state index in [4.69, 9.17) is 5.73 Å². The van der Waals surface area contributed by atoms with Crippen molar-refractivity contribution < 1.29 is 8.42 Å². The average molecular weight is 288 g/mol. The van der Waals surface area contributed by atoms with E-state index in [0.717, 1.165) is 21.8 Å². The molecule has 10 heteroatoms. The first-order valence-electron chi connectivity index (χ1n) is 5.04. The van der Waals surface area contributed by atoms with Crippen LogP contribution in [0.3, 0.4) is 0 Å². The van der Waals surface area contributed by atoms with E-state index >= 15 is 0 Å². The number of hydrogen-bond acceptors (Lipinski definition) is 7. The number of thiophene rings is 1. The van der Waals surface area contributed by atoms with Crippen molar-refractivity contribution in [3.8, 4) is 0 Å². The molecule has 0 aliphatic carbocycles. The highest BCUT2D eigenvalue weighted by Crippen LogP contribution is 2.25. The number of nitrogens with two attached hydrogens (primary N) is 1. The van der Waals surface area contributed by atoms with Crippen molar-refractivity contribution in [1.82, 2.24) is 25.3 Å². The summed E-state index contributed by atoms with van der Waals surface area (Å²) in [5.41, 5.74) is 6.40. The van der Waals surface area contributed by atoms with Gasteiger partial charge in [-0.3, -0.25) is 0 Å². The molecule has 0 bridgehead atoms. The van der Waals surface area contributed by atoms with Crippen LogP contribution in [0.4, 0.5) is 0 Å². The number of nitrogens with one attached hydrogen (secondary N) is 2. The molecule has 0 saturated heterocycles. The number of tetrazole rings is 1. The van der Waals surface area contributed by atoms with Gasteiger partial charge in [0.15, 0.2) is 5.82 Å². The molecule has 0 aliphatic rings. The van der Waals surface area contributed by atoms with Crippen LogP contribution in [0, 0.1) is 6.92 Å². The first-order valence-corrected chi connectivity index (χ1v) is 7.34. The number of aromatic nitrogens is 4. The molecule has 8 nitrogen and oxygen atoms in total. The first-order chi connectivity index (χ1) is 8.53. The standard InChI is InChI=1S/C8H12N6O2S2/c1-5-2-8(17-6(5)3-9)18(15,16)10-4-7-11-13-14-12-7/h2,10H,3-4,9H2,1H3,(H,11,12,13,14). The maximum Gasteiger partial charge on any atom is 0.250 e. The van der Waals surface area contributed by atoms with Gasteiger partial charge in [-0.25, -0.2) is 13.1 Å². The number of aromatic amines is 1. The lowest BCUT2D eigenvalue weighted by Gasteiger charge is -2.00. The lowest BCUT2D eigenvalue weighted by molar-refractivity contribution is 0.581. The predicted molar refractivity (Wildman–Crippen MR) is 65.2 cm³/mol. The third kappa shape index (κ3) is 2.72. The third-order valence-corrected chi connectivity index (χ3v) is 5.39. The van der Waals surface area contributed by atoms with E-state index in [2.05, 4.69) is 25.3 Å². The molecule has 4 N–H and O–H groups in total. The average Bonchev–Trinajstić information content (AvgIpc) is 2.95. The van der Waals surface area contributed by atoms with Crippen molar-refractivity contribution in [2.24, 2.45) is 5.73 Å². The Bertz CT molecular complexity index is 618. The van der Waals surface area contributed by atoms with Crippen LogP contribution in [0.2, 0.25) is 0 Å². The number of sulfonamides is 1. The summed E-state index contributed by atoms with van der Waals surface area (Å²) in [6.45, 7) is 2.15. The maximum absolute atomic E-state index is 12.0. The molecule has 2 aromatic heterocycles. The number of H-pyrrole nitrogens is 1. The van der Waals surface area contributed by atoms with E-state index < -0.39 is 10.0 Å². The minimum absolute atomic E-state index is 0.00621. The molecule has 0 atom stereocenters. The van der Waals surface area contributed by atoms with Crippen LogP contribution in [0.15, 0.2) is 10.3 Å². The molecule has 0 fully saturated rings. The molecule has 18 heavy (non-hydrogen) atoms. The Balaban J connectivity index is 2.14. The zero-order valence-corrected chi connectivity index (χ0v) is 11.2. The van der Waals surface area contributed by atoms with E-state index in [-0.39, 0.29) is 16.6 Å². The van der Waals surface area contributed by atoms with Gasteiger partial charge >= 0.3 is 0 Å². The summed E-state index contributed by atoms with van der Waals surface area (Å²) in [5, 5.41) is 12.9. The van der Waals surface area contributed by atoms with Crippen molar-refractivity contribution in [1.29, 1.82) is 0 Å². The zero-order chi connectivity index (χ0) is 13.2. The summed E-state index contributed by atoms with van der Waals surface area (Å²) in [7, 11) is -3.56. The topological polar surface area (TPSA) is 127 Å². The monoisotopic (exact) mass is 288 g/mol. The van der Waals surface area contributed by atoms with E-state index in [1.165, 1.54) is 0 Å². The molecular weight excluding hydrogens is 276 g/mol. The quantitative estimate of drug-likeness (QED) is 0.681. The Morgan fingerprint density at radius 1 is 1.56 bits per heavy atom. The molecule has 0 spiro atoms. The highest BCUT2D eigenvalue weighted by atomic mass is 32.2. The summed E-state index contributed by atoms with van der Waals surface area (Å²) < 4.78 is 26.6. The normalized spacial score (nSPS) is 11.9. The van der Waals surface area contributed by atoms with Crippen molar-refractivity contribution in [3.63, 3.8) is 0 Å². The van der Waals surface area contributed by atoms with E-state index in [9.17, 15) is 8.42 Å². The van der Waals surface area contributed by atoms with Gasteiger partial charge in [-0.2, -0.15) is 5.21 Å². The minimum atomic E-state index is -3.56. The Kier molecular flexibility index (Phi) is 3.71. The van der Waals surface area contributed by atoms with Gasteiger partial charge in [-0.15, -0.1) is 21.5 Å². The molecule has 0 radical (unpaired) electrons. The molecule has 2 rings (SSSR count). The summed E-state index contributed by atoms with van der Waals surface area (Å²) >= 11 is 1.16. The van der Waals surface area contributed by atoms with Gasteiger partial charge in [-0.1, -0.05) is 5.21 Å². The van der Waals surface area contributed by atoms with Crippen molar-refractivity contribution in [2.45, 2.75) is 24.2 Å². The molecule has 0 unspecified atom stereocenters. The Morgan fingerprint density at radius 3 is 2.89 bits per heavy atom. The lowest BCUT2D eigenvalue weighted by Crippen LogP contribution is -2.23. The van der Waals surface area contributed by atoms with Gasteiger partial charge < -0.3 is 5.73 Å². The van der Waals surface area contributed by atoms with Crippen LogP contribution in [-0.4, -0.2) is 29.0 Å². The van der Waals surface area contributed by atoms with Crippen molar-refractivity contribution in [2.75, 3.05) is 0 Å². The second kappa shape index (κ2) is 5.10. The van der Waals surface area contributed by atoms with Crippen molar-refractivity contribution >= 4 is 21.4 Å². The first kappa shape index (κ1) is 13.1. The van der Waals surface area contributed by atoms with Gasteiger partial charge in [0.1, 0.15) is 4.21 Å². The van der Waals surface area contributed by atoms with Crippen LogP contribution >= 0.6 is 11.3 Å². The molecule has 0 aliphatic heterocycles. The van der Waals surface area contributed by atoms with Gasteiger partial charge in [0.05, 0.1) is 6.54 Å². The van der Waals surface area contributed by atoms with E-state index in [1.54, 1.807) is 6.07 Å². The van der Waals surface area contributed by atoms with Gasteiger partial charge in [0, 0.05) is 11.4 Å². The molecular formula is C8H12N6O2S2. The summed E-state index contributed by atoms with van der Waals surface area (Å²) in [5.74, 6) is 0.283. The SMILES string of the molecule is Cc1cc(S(=O)(=O)NCc2nn[nH]n2)sc1CN. The highest BCUT2D eigenvalue weighted by Gasteiger charge is 2.18. The molecule has 2 heterocycles. The van der Waals surface area contributed by atoms with Crippen LogP contribution in [-0.2, 0) is 23.1 Å². The summed E-state index contributed by atoms with van der Waals surface area (Å²) in [6, 6.07) is 1.60. The molecule has 98 valence electrons. The number of aryl methyl sites for hydroxylation is 1. The van der Waals surface area contributed by atoms with Gasteiger partial charge in [0.2, 0.25) is 10.0 Å². The Labute approximate surface area is 108 Å². The van der Waals surface area contributed by atoms with Gasteiger partial charge in [-0.05, 0) is 18.6 Å². The molecule has 0 aromatic carbocycles. The van der Waals surface area contributed by atoms with Crippen molar-refractivity contribution in [3.05, 3.63) is 22.3 Å². The second-order valence-electron chi connectivity index (χ2n) is 3.53. The zero-order valence-electron chi connectivity index (χ0n) is 9.54. The number of hydrogen-bond donors (Lipinski definition) is 3. The highest BCUT2D eigenvalue weighted by molar-refractivity contribution is 7.91. The van der Waals surface area contributed by atoms with Crippen LogP contribution < -0.4 is 10.5 Å². The van der Waals surface area contributed by atoms with Crippen LogP contribution in [0.25, 0.3) is 0 Å². The number of nitrogens with zero attached hydrogens (tertiary/aromatic N) is 3. The summed E-state index contributed by atoms with van der Waals surface area (Å²) in [6.07, 6.45) is 0. The summed E-state index contributed by atoms with van der Waals surface area (Å²) in [4.78, 5) is 0.856. The molecule has 0 amide bonds. The number of rotatable bonds is 5. The second-order valence-corrected chi connectivity index (χ2v) is 6.66. The van der Waals surface area contributed by atoms with Crippen LogP contribution in [0.5, 0.6) is 0 Å². The fourth-order valence-electron chi connectivity index (χ4n) is 1.31. The van der Waals surface area contributed by atoms with Crippen LogP contribution in [0.1, 0.15) is 16.3 Å². The third-order valence-electron chi connectivity index (χ3n) is 2.26.